The highest BCUT2D eigenvalue weighted by Gasteiger charge is 2.07. The van der Waals surface area contributed by atoms with E-state index < -0.39 is 0 Å². The van der Waals surface area contributed by atoms with E-state index in [0.717, 1.165) is 11.4 Å². The number of aryl methyl sites for hydroxylation is 1. The standard InChI is InChI=1S/C17H17N3O3S/c1-3-15(21)18-12-4-6-14(7-5-12)23-9-13-8-16(22)20-11(2)10-24-17(20)19-13/h4-8,10H,3,9H2,1-2H3,(H,18,21). The molecule has 0 aliphatic rings. The van der Waals surface area contributed by atoms with Crippen molar-refractivity contribution in [1.82, 2.24) is 9.38 Å². The molecule has 24 heavy (non-hydrogen) atoms. The van der Waals surface area contributed by atoms with Gasteiger partial charge in [0.05, 0.1) is 5.69 Å². The Labute approximate surface area is 142 Å². The summed E-state index contributed by atoms with van der Waals surface area (Å²) >= 11 is 1.43. The van der Waals surface area contributed by atoms with E-state index in [4.69, 9.17) is 4.74 Å². The Hall–Kier alpha value is -2.67. The van der Waals surface area contributed by atoms with Crippen molar-refractivity contribution in [3.8, 4) is 5.75 Å². The Balaban J connectivity index is 1.69. The molecule has 1 aromatic carbocycles. The number of rotatable bonds is 5. The van der Waals surface area contributed by atoms with E-state index in [-0.39, 0.29) is 18.1 Å². The molecule has 0 bridgehead atoms. The van der Waals surface area contributed by atoms with Gasteiger partial charge in [0.25, 0.3) is 5.56 Å². The van der Waals surface area contributed by atoms with Crippen LogP contribution in [0.25, 0.3) is 4.96 Å². The molecule has 0 radical (unpaired) electrons. The van der Waals surface area contributed by atoms with E-state index in [9.17, 15) is 9.59 Å². The van der Waals surface area contributed by atoms with Gasteiger partial charge >= 0.3 is 0 Å². The van der Waals surface area contributed by atoms with Crippen LogP contribution in [-0.4, -0.2) is 15.3 Å². The number of aromatic nitrogens is 2. The van der Waals surface area contributed by atoms with Crippen LogP contribution in [0.4, 0.5) is 5.69 Å². The maximum atomic E-state index is 12.1. The van der Waals surface area contributed by atoms with Gasteiger partial charge in [0, 0.05) is 29.2 Å². The lowest BCUT2D eigenvalue weighted by atomic mass is 10.3. The SMILES string of the molecule is CCC(=O)Nc1ccc(OCc2cc(=O)n3c(C)csc3n2)cc1. The molecule has 0 aliphatic heterocycles. The first kappa shape index (κ1) is 16.2. The molecule has 0 aliphatic carbocycles. The quantitative estimate of drug-likeness (QED) is 0.773. The molecule has 0 unspecified atom stereocenters. The van der Waals surface area contributed by atoms with Gasteiger partial charge < -0.3 is 10.1 Å². The number of anilines is 1. The van der Waals surface area contributed by atoms with Crippen LogP contribution in [-0.2, 0) is 11.4 Å². The van der Waals surface area contributed by atoms with E-state index in [0.29, 0.717) is 22.8 Å². The molecular formula is C17H17N3O3S. The van der Waals surface area contributed by atoms with Crippen molar-refractivity contribution in [1.29, 1.82) is 0 Å². The van der Waals surface area contributed by atoms with E-state index in [1.807, 2.05) is 12.3 Å². The summed E-state index contributed by atoms with van der Waals surface area (Å²) in [6, 6.07) is 8.58. The average Bonchev–Trinajstić information content (AvgIpc) is 2.95. The zero-order valence-corrected chi connectivity index (χ0v) is 14.2. The topological polar surface area (TPSA) is 72.7 Å². The maximum Gasteiger partial charge on any atom is 0.259 e. The molecule has 2 aromatic heterocycles. The first-order valence-electron chi connectivity index (χ1n) is 7.56. The summed E-state index contributed by atoms with van der Waals surface area (Å²) < 4.78 is 7.25. The van der Waals surface area contributed by atoms with Gasteiger partial charge in [-0.3, -0.25) is 14.0 Å². The lowest BCUT2D eigenvalue weighted by Crippen LogP contribution is -2.15. The van der Waals surface area contributed by atoms with Crippen LogP contribution in [0.1, 0.15) is 24.7 Å². The smallest absolute Gasteiger partial charge is 0.259 e. The zero-order valence-electron chi connectivity index (χ0n) is 13.4. The van der Waals surface area contributed by atoms with Gasteiger partial charge in [-0.1, -0.05) is 6.92 Å². The Morgan fingerprint density at radius 1 is 1.33 bits per heavy atom. The van der Waals surface area contributed by atoms with Crippen LogP contribution < -0.4 is 15.6 Å². The van der Waals surface area contributed by atoms with Crippen LogP contribution in [0.3, 0.4) is 0 Å². The third-order valence-electron chi connectivity index (χ3n) is 3.47. The van der Waals surface area contributed by atoms with Gasteiger partial charge in [-0.25, -0.2) is 4.98 Å². The normalized spacial score (nSPS) is 10.8. The number of carbonyl (C=O) groups is 1. The minimum Gasteiger partial charge on any atom is -0.487 e. The summed E-state index contributed by atoms with van der Waals surface area (Å²) in [5.74, 6) is 0.613. The third kappa shape index (κ3) is 3.46. The Morgan fingerprint density at radius 3 is 2.79 bits per heavy atom. The number of hydrogen-bond donors (Lipinski definition) is 1. The van der Waals surface area contributed by atoms with Gasteiger partial charge in [-0.05, 0) is 31.2 Å². The number of ether oxygens (including phenoxy) is 1. The molecule has 6 nitrogen and oxygen atoms in total. The number of hydrogen-bond acceptors (Lipinski definition) is 5. The summed E-state index contributed by atoms with van der Waals surface area (Å²) in [5, 5.41) is 4.67. The lowest BCUT2D eigenvalue weighted by molar-refractivity contribution is -0.115. The van der Waals surface area contributed by atoms with Crippen molar-refractivity contribution < 1.29 is 9.53 Å². The summed E-state index contributed by atoms with van der Waals surface area (Å²) in [4.78, 5) is 28.5. The highest BCUT2D eigenvalue weighted by atomic mass is 32.1. The van der Waals surface area contributed by atoms with E-state index in [2.05, 4.69) is 10.3 Å². The number of nitrogens with zero attached hydrogens (tertiary/aromatic N) is 2. The first-order valence-corrected chi connectivity index (χ1v) is 8.44. The van der Waals surface area contributed by atoms with E-state index in [1.54, 1.807) is 35.6 Å². The molecule has 0 saturated carbocycles. The monoisotopic (exact) mass is 343 g/mol. The summed E-state index contributed by atoms with van der Waals surface area (Å²) in [5.41, 5.74) is 2.09. The third-order valence-corrected chi connectivity index (χ3v) is 4.42. The van der Waals surface area contributed by atoms with Gasteiger partial charge in [0.1, 0.15) is 12.4 Å². The number of fused-ring (bicyclic) bond motifs is 1. The van der Waals surface area contributed by atoms with Crippen LogP contribution in [0.2, 0.25) is 0 Å². The first-order chi connectivity index (χ1) is 11.6. The fourth-order valence-electron chi connectivity index (χ4n) is 2.22. The summed E-state index contributed by atoms with van der Waals surface area (Å²) in [6.45, 7) is 3.89. The fourth-order valence-corrected chi connectivity index (χ4v) is 3.11. The van der Waals surface area contributed by atoms with E-state index in [1.165, 1.54) is 17.4 Å². The summed E-state index contributed by atoms with van der Waals surface area (Å²) in [7, 11) is 0. The zero-order chi connectivity index (χ0) is 17.1. The number of benzene rings is 1. The van der Waals surface area contributed by atoms with Crippen molar-refractivity contribution >= 4 is 27.9 Å². The van der Waals surface area contributed by atoms with Gasteiger partial charge in [0.15, 0.2) is 4.96 Å². The number of amides is 1. The molecule has 3 aromatic rings. The Bertz CT molecular complexity index is 928. The highest BCUT2D eigenvalue weighted by molar-refractivity contribution is 7.15. The average molecular weight is 343 g/mol. The molecule has 0 fully saturated rings. The lowest BCUT2D eigenvalue weighted by Gasteiger charge is -2.08. The summed E-state index contributed by atoms with van der Waals surface area (Å²) in [6.07, 6.45) is 0.435. The van der Waals surface area contributed by atoms with Crippen LogP contribution >= 0.6 is 11.3 Å². The largest absolute Gasteiger partial charge is 0.487 e. The van der Waals surface area contributed by atoms with Crippen molar-refractivity contribution in [2.45, 2.75) is 26.9 Å². The number of thiazole rings is 1. The second-order valence-electron chi connectivity index (χ2n) is 5.30. The molecule has 1 amide bonds. The van der Waals surface area contributed by atoms with Crippen molar-refractivity contribution in [2.75, 3.05) is 5.32 Å². The van der Waals surface area contributed by atoms with Crippen molar-refractivity contribution in [3.05, 3.63) is 57.5 Å². The van der Waals surface area contributed by atoms with E-state index >= 15 is 0 Å². The predicted molar refractivity (Wildman–Crippen MR) is 93.8 cm³/mol. The molecule has 7 heteroatoms. The molecule has 3 rings (SSSR count). The predicted octanol–water partition coefficient (Wildman–Crippen LogP) is 2.99. The fraction of sp³-hybridized carbons (Fsp3) is 0.235. The Morgan fingerprint density at radius 2 is 2.08 bits per heavy atom. The molecule has 0 spiro atoms. The van der Waals surface area contributed by atoms with Gasteiger partial charge in [-0.15, -0.1) is 11.3 Å². The van der Waals surface area contributed by atoms with Gasteiger partial charge in [-0.2, -0.15) is 0 Å². The second kappa shape index (κ2) is 6.84. The molecule has 124 valence electrons. The minimum atomic E-state index is -0.102. The highest BCUT2D eigenvalue weighted by Crippen LogP contribution is 2.17. The minimum absolute atomic E-state index is 0.0344. The Kier molecular flexibility index (Phi) is 4.61. The second-order valence-corrected chi connectivity index (χ2v) is 6.13. The van der Waals surface area contributed by atoms with Gasteiger partial charge in [0.2, 0.25) is 5.91 Å². The number of nitrogens with one attached hydrogen (secondary N) is 1. The van der Waals surface area contributed by atoms with Crippen molar-refractivity contribution in [2.24, 2.45) is 0 Å². The van der Waals surface area contributed by atoms with Crippen LogP contribution in [0.15, 0.2) is 40.5 Å². The molecular weight excluding hydrogens is 326 g/mol. The van der Waals surface area contributed by atoms with Crippen LogP contribution in [0, 0.1) is 6.92 Å². The molecule has 0 atom stereocenters. The number of carbonyl (C=O) groups excluding carboxylic acids is 1. The molecule has 0 saturated heterocycles. The van der Waals surface area contributed by atoms with Crippen molar-refractivity contribution in [3.63, 3.8) is 0 Å². The molecule has 1 N–H and O–H groups in total. The maximum absolute atomic E-state index is 12.1. The van der Waals surface area contributed by atoms with Crippen LogP contribution in [0.5, 0.6) is 5.75 Å². The molecule has 2 heterocycles.